The minimum Gasteiger partial charge on any atom is -0.497 e. The number of rotatable bonds is 8. The normalized spacial score (nSPS) is 11.7. The number of hydrogen-bond acceptors (Lipinski definition) is 5. The second-order valence-corrected chi connectivity index (χ2v) is 4.18. The highest BCUT2D eigenvalue weighted by Gasteiger charge is 2.06. The van der Waals surface area contributed by atoms with E-state index < -0.39 is 6.10 Å². The van der Waals surface area contributed by atoms with Crippen molar-refractivity contribution in [2.45, 2.75) is 19.4 Å². The van der Waals surface area contributed by atoms with E-state index in [4.69, 9.17) is 14.7 Å². The lowest BCUT2D eigenvalue weighted by Crippen LogP contribution is -2.31. The summed E-state index contributed by atoms with van der Waals surface area (Å²) in [4.78, 5) is 0. The zero-order valence-corrected chi connectivity index (χ0v) is 11.3. The number of hydrogen-bond donors (Lipinski definition) is 2. The monoisotopic (exact) mass is 264 g/mol. The quantitative estimate of drug-likeness (QED) is 0.692. The van der Waals surface area contributed by atoms with Gasteiger partial charge in [-0.3, -0.25) is 0 Å². The van der Waals surface area contributed by atoms with Gasteiger partial charge in [-0.15, -0.1) is 0 Å². The van der Waals surface area contributed by atoms with Gasteiger partial charge in [0.25, 0.3) is 0 Å². The summed E-state index contributed by atoms with van der Waals surface area (Å²) in [6, 6.07) is 6.98. The second kappa shape index (κ2) is 8.35. The van der Waals surface area contributed by atoms with Crippen LogP contribution in [0.1, 0.15) is 18.9 Å². The fourth-order valence-corrected chi connectivity index (χ4v) is 1.53. The second-order valence-electron chi connectivity index (χ2n) is 4.18. The third-order valence-electron chi connectivity index (χ3n) is 2.49. The molecule has 0 aliphatic rings. The molecule has 0 fully saturated rings. The molecule has 0 aliphatic heterocycles. The maximum absolute atomic E-state index is 9.71. The Labute approximate surface area is 113 Å². The third-order valence-corrected chi connectivity index (χ3v) is 2.49. The van der Waals surface area contributed by atoms with E-state index in [2.05, 4.69) is 12.2 Å². The van der Waals surface area contributed by atoms with Crippen LogP contribution in [0.15, 0.2) is 18.2 Å². The summed E-state index contributed by atoms with van der Waals surface area (Å²) in [7, 11) is 1.53. The molecule has 1 rings (SSSR count). The van der Waals surface area contributed by atoms with Crippen molar-refractivity contribution in [1.29, 1.82) is 5.26 Å². The van der Waals surface area contributed by atoms with Crippen molar-refractivity contribution >= 4 is 0 Å². The van der Waals surface area contributed by atoms with E-state index in [0.29, 0.717) is 23.6 Å². The van der Waals surface area contributed by atoms with Crippen LogP contribution < -0.4 is 14.8 Å². The Bertz CT molecular complexity index is 429. The molecule has 2 N–H and O–H groups in total. The minimum absolute atomic E-state index is 0.175. The summed E-state index contributed by atoms with van der Waals surface area (Å²) in [6.07, 6.45) is 0.443. The van der Waals surface area contributed by atoms with Crippen molar-refractivity contribution < 1.29 is 14.6 Å². The summed E-state index contributed by atoms with van der Waals surface area (Å²) in [5.74, 6) is 1.08. The van der Waals surface area contributed by atoms with Gasteiger partial charge in [0.2, 0.25) is 0 Å². The van der Waals surface area contributed by atoms with Crippen molar-refractivity contribution in [1.82, 2.24) is 5.32 Å². The lowest BCUT2D eigenvalue weighted by Gasteiger charge is -2.13. The molecule has 0 spiro atoms. The molecular formula is C14H20N2O3. The van der Waals surface area contributed by atoms with Crippen LogP contribution in [0.2, 0.25) is 0 Å². The van der Waals surface area contributed by atoms with Gasteiger partial charge in [-0.2, -0.15) is 5.26 Å². The van der Waals surface area contributed by atoms with Gasteiger partial charge in [0, 0.05) is 12.6 Å². The fourth-order valence-electron chi connectivity index (χ4n) is 1.53. The number of aliphatic hydroxyl groups is 1. The predicted octanol–water partition coefficient (Wildman–Crippen LogP) is 1.31. The van der Waals surface area contributed by atoms with Gasteiger partial charge >= 0.3 is 0 Å². The van der Waals surface area contributed by atoms with Crippen LogP contribution in [0.4, 0.5) is 0 Å². The first-order valence-electron chi connectivity index (χ1n) is 6.30. The third kappa shape index (κ3) is 5.60. The zero-order valence-electron chi connectivity index (χ0n) is 11.3. The van der Waals surface area contributed by atoms with E-state index in [0.717, 1.165) is 13.0 Å². The number of aliphatic hydroxyl groups excluding tert-OH is 1. The molecule has 0 heterocycles. The average molecular weight is 264 g/mol. The largest absolute Gasteiger partial charge is 0.497 e. The molecule has 5 nitrogen and oxygen atoms in total. The fraction of sp³-hybridized carbons (Fsp3) is 0.500. The van der Waals surface area contributed by atoms with E-state index in [1.54, 1.807) is 18.2 Å². The molecular weight excluding hydrogens is 244 g/mol. The summed E-state index contributed by atoms with van der Waals surface area (Å²) in [5.41, 5.74) is 0.466. The van der Waals surface area contributed by atoms with Gasteiger partial charge < -0.3 is 19.9 Å². The van der Waals surface area contributed by atoms with Gasteiger partial charge in [-0.05, 0) is 25.1 Å². The number of nitriles is 1. The van der Waals surface area contributed by atoms with Crippen molar-refractivity contribution in [3.63, 3.8) is 0 Å². The molecule has 0 radical (unpaired) electrons. The van der Waals surface area contributed by atoms with E-state index in [1.165, 1.54) is 7.11 Å². The Morgan fingerprint density at radius 3 is 2.74 bits per heavy atom. The number of nitrogens with zero attached hydrogens (tertiary/aromatic N) is 1. The SMILES string of the molecule is CCCNCC(O)COc1cc(C#N)cc(OC)c1. The van der Waals surface area contributed by atoms with Crippen LogP contribution in [-0.4, -0.2) is 38.0 Å². The summed E-state index contributed by atoms with van der Waals surface area (Å²) < 4.78 is 10.5. The predicted molar refractivity (Wildman–Crippen MR) is 72.4 cm³/mol. The van der Waals surface area contributed by atoms with Crippen LogP contribution in [0, 0.1) is 11.3 Å². The molecule has 0 bridgehead atoms. The molecule has 0 saturated heterocycles. The summed E-state index contributed by atoms with van der Waals surface area (Å²) >= 11 is 0. The first-order valence-corrected chi connectivity index (χ1v) is 6.30. The molecule has 5 heteroatoms. The average Bonchev–Trinajstić information content (AvgIpc) is 2.45. The van der Waals surface area contributed by atoms with Gasteiger partial charge in [-0.25, -0.2) is 0 Å². The Hall–Kier alpha value is -1.77. The standard InChI is InChI=1S/C14H20N2O3/c1-3-4-16-9-12(17)10-19-14-6-11(8-15)5-13(7-14)18-2/h5-7,12,16-17H,3-4,9-10H2,1-2H3. The van der Waals surface area contributed by atoms with Crippen LogP contribution in [0.5, 0.6) is 11.5 Å². The zero-order chi connectivity index (χ0) is 14.1. The van der Waals surface area contributed by atoms with Gasteiger partial charge in [-0.1, -0.05) is 6.92 Å². The molecule has 1 aromatic carbocycles. The summed E-state index contributed by atoms with van der Waals surface area (Å²) in [5, 5.41) is 21.7. The Balaban J connectivity index is 2.50. The van der Waals surface area contributed by atoms with Crippen molar-refractivity contribution in [3.05, 3.63) is 23.8 Å². The molecule has 0 amide bonds. The van der Waals surface area contributed by atoms with E-state index in [-0.39, 0.29) is 6.61 Å². The number of ether oxygens (including phenoxy) is 2. The van der Waals surface area contributed by atoms with Gasteiger partial charge in [0.1, 0.15) is 24.2 Å². The Morgan fingerprint density at radius 2 is 2.11 bits per heavy atom. The molecule has 0 saturated carbocycles. The first-order chi connectivity index (χ1) is 9.19. The minimum atomic E-state index is -0.580. The van der Waals surface area contributed by atoms with Crippen LogP contribution in [-0.2, 0) is 0 Å². The lowest BCUT2D eigenvalue weighted by molar-refractivity contribution is 0.106. The topological polar surface area (TPSA) is 74.5 Å². The number of benzene rings is 1. The van der Waals surface area contributed by atoms with Gasteiger partial charge in [0.15, 0.2) is 0 Å². The molecule has 0 aromatic heterocycles. The smallest absolute Gasteiger partial charge is 0.124 e. The van der Waals surface area contributed by atoms with Crippen molar-refractivity contribution in [2.24, 2.45) is 0 Å². The number of nitrogens with one attached hydrogen (secondary N) is 1. The van der Waals surface area contributed by atoms with Crippen LogP contribution >= 0.6 is 0 Å². The molecule has 19 heavy (non-hydrogen) atoms. The highest BCUT2D eigenvalue weighted by molar-refractivity contribution is 5.43. The van der Waals surface area contributed by atoms with Gasteiger partial charge in [0.05, 0.1) is 18.7 Å². The van der Waals surface area contributed by atoms with E-state index >= 15 is 0 Å². The van der Waals surface area contributed by atoms with E-state index in [9.17, 15) is 5.11 Å². The van der Waals surface area contributed by atoms with Crippen LogP contribution in [0.25, 0.3) is 0 Å². The highest BCUT2D eigenvalue weighted by atomic mass is 16.5. The molecule has 1 aromatic rings. The summed E-state index contributed by atoms with van der Waals surface area (Å²) in [6.45, 7) is 3.60. The maximum atomic E-state index is 9.71. The molecule has 104 valence electrons. The molecule has 1 atom stereocenters. The van der Waals surface area contributed by atoms with Crippen molar-refractivity contribution in [2.75, 3.05) is 26.8 Å². The first kappa shape index (κ1) is 15.3. The Morgan fingerprint density at radius 1 is 1.37 bits per heavy atom. The number of methoxy groups -OCH3 is 1. The van der Waals surface area contributed by atoms with Crippen LogP contribution in [0.3, 0.4) is 0 Å². The highest BCUT2D eigenvalue weighted by Crippen LogP contribution is 2.22. The Kier molecular flexibility index (Phi) is 6.72. The molecule has 0 aliphatic carbocycles. The van der Waals surface area contributed by atoms with E-state index in [1.807, 2.05) is 6.07 Å². The van der Waals surface area contributed by atoms with Crippen molar-refractivity contribution in [3.8, 4) is 17.6 Å². The lowest BCUT2D eigenvalue weighted by atomic mass is 10.2. The molecule has 1 unspecified atom stereocenters. The maximum Gasteiger partial charge on any atom is 0.124 e.